The molecule has 0 aliphatic heterocycles. The van der Waals surface area contributed by atoms with Gasteiger partial charge in [0.2, 0.25) is 0 Å². The second kappa shape index (κ2) is 5.70. The lowest BCUT2D eigenvalue weighted by Crippen LogP contribution is -2.10. The molecule has 4 rings (SSSR count). The van der Waals surface area contributed by atoms with Crippen LogP contribution in [-0.4, -0.2) is 15.7 Å². The van der Waals surface area contributed by atoms with Gasteiger partial charge in [0.15, 0.2) is 17.0 Å². The minimum Gasteiger partial charge on any atom is -0.463 e. The number of benzene rings is 1. The van der Waals surface area contributed by atoms with Crippen LogP contribution in [0.4, 0.5) is 0 Å². The van der Waals surface area contributed by atoms with E-state index in [2.05, 4.69) is 37.9 Å². The molecule has 25 heavy (non-hydrogen) atoms. The molecular formula is C20H18N2O2S. The Labute approximate surface area is 149 Å². The molecule has 5 heteroatoms. The van der Waals surface area contributed by atoms with Crippen LogP contribution < -0.4 is 0 Å². The molecule has 3 heterocycles. The Balaban J connectivity index is 1.87. The lowest BCUT2D eigenvalue weighted by atomic mass is 9.86. The van der Waals surface area contributed by atoms with Crippen molar-refractivity contribution < 1.29 is 9.21 Å². The molecule has 4 aromatic rings. The van der Waals surface area contributed by atoms with Crippen LogP contribution in [0.1, 0.15) is 36.8 Å². The molecule has 0 fully saturated rings. The predicted molar refractivity (Wildman–Crippen MR) is 100 cm³/mol. The predicted octanol–water partition coefficient (Wildman–Crippen LogP) is 5.43. The van der Waals surface area contributed by atoms with Gasteiger partial charge in [-0.1, -0.05) is 45.0 Å². The van der Waals surface area contributed by atoms with Crippen LogP contribution in [0.25, 0.3) is 27.7 Å². The van der Waals surface area contributed by atoms with Crippen LogP contribution in [0.5, 0.6) is 0 Å². The van der Waals surface area contributed by atoms with Crippen molar-refractivity contribution in [2.75, 3.05) is 0 Å². The summed E-state index contributed by atoms with van der Waals surface area (Å²) in [6.07, 6.45) is 2.49. The average molecular weight is 350 g/mol. The number of nitrogens with zero attached hydrogens (tertiary/aromatic N) is 2. The summed E-state index contributed by atoms with van der Waals surface area (Å²) in [6.45, 7) is 6.54. The number of carbonyl (C=O) groups is 1. The molecule has 0 saturated heterocycles. The second-order valence-corrected chi connectivity index (χ2v) is 7.84. The van der Waals surface area contributed by atoms with Gasteiger partial charge in [-0.25, -0.2) is 4.98 Å². The molecule has 3 aromatic heterocycles. The molecule has 0 radical (unpaired) electrons. The van der Waals surface area contributed by atoms with E-state index in [1.807, 2.05) is 34.0 Å². The highest BCUT2D eigenvalue weighted by molar-refractivity contribution is 7.15. The van der Waals surface area contributed by atoms with Crippen molar-refractivity contribution in [2.24, 2.45) is 0 Å². The lowest BCUT2D eigenvalue weighted by molar-refractivity contribution is 0.111. The molecular weight excluding hydrogens is 332 g/mol. The number of furan rings is 1. The van der Waals surface area contributed by atoms with E-state index in [0.717, 1.165) is 28.3 Å². The van der Waals surface area contributed by atoms with E-state index in [-0.39, 0.29) is 5.41 Å². The molecule has 0 aliphatic rings. The molecule has 0 aliphatic carbocycles. The Morgan fingerprint density at radius 3 is 2.52 bits per heavy atom. The van der Waals surface area contributed by atoms with Crippen molar-refractivity contribution in [3.05, 3.63) is 59.3 Å². The van der Waals surface area contributed by atoms with Crippen molar-refractivity contribution in [2.45, 2.75) is 26.2 Å². The van der Waals surface area contributed by atoms with Crippen molar-refractivity contribution in [1.29, 1.82) is 0 Å². The molecule has 0 bridgehead atoms. The first-order valence-electron chi connectivity index (χ1n) is 8.09. The lowest BCUT2D eigenvalue weighted by Gasteiger charge is -2.19. The Bertz CT molecular complexity index is 1030. The van der Waals surface area contributed by atoms with Crippen LogP contribution >= 0.6 is 11.3 Å². The molecule has 0 saturated carbocycles. The van der Waals surface area contributed by atoms with E-state index in [9.17, 15) is 4.79 Å². The van der Waals surface area contributed by atoms with Crippen LogP contribution in [-0.2, 0) is 5.41 Å². The highest BCUT2D eigenvalue weighted by Gasteiger charge is 2.20. The van der Waals surface area contributed by atoms with Gasteiger partial charge in [0.25, 0.3) is 0 Å². The quantitative estimate of drug-likeness (QED) is 0.463. The molecule has 0 N–H and O–H groups in total. The fourth-order valence-electron chi connectivity index (χ4n) is 2.93. The topological polar surface area (TPSA) is 47.5 Å². The summed E-state index contributed by atoms with van der Waals surface area (Å²) in [7, 11) is 0. The molecule has 0 amide bonds. The third-order valence-corrected chi connectivity index (χ3v) is 5.13. The summed E-state index contributed by atoms with van der Waals surface area (Å²) in [6, 6.07) is 12.0. The summed E-state index contributed by atoms with van der Waals surface area (Å²) >= 11 is 1.50. The number of imidazole rings is 1. The number of hydrogen-bond donors (Lipinski definition) is 0. The fourth-order valence-corrected chi connectivity index (χ4v) is 3.81. The summed E-state index contributed by atoms with van der Waals surface area (Å²) in [5.41, 5.74) is 4.38. The number of aromatic nitrogens is 2. The summed E-state index contributed by atoms with van der Waals surface area (Å²) in [5, 5.41) is 1.96. The van der Waals surface area contributed by atoms with Gasteiger partial charge in [-0.15, -0.1) is 11.3 Å². The Morgan fingerprint density at radius 1 is 1.16 bits per heavy atom. The van der Waals surface area contributed by atoms with E-state index >= 15 is 0 Å². The summed E-state index contributed by atoms with van der Waals surface area (Å²) < 4.78 is 7.36. The van der Waals surface area contributed by atoms with Crippen molar-refractivity contribution >= 4 is 22.6 Å². The first-order chi connectivity index (χ1) is 12.0. The molecule has 1 aromatic carbocycles. The normalized spacial score (nSPS) is 12.0. The smallest absolute Gasteiger partial charge is 0.195 e. The van der Waals surface area contributed by atoms with Gasteiger partial charge < -0.3 is 4.42 Å². The highest BCUT2D eigenvalue weighted by Crippen LogP contribution is 2.33. The van der Waals surface area contributed by atoms with Crippen LogP contribution in [0.3, 0.4) is 0 Å². The maximum absolute atomic E-state index is 11.8. The zero-order valence-electron chi connectivity index (χ0n) is 14.3. The number of fused-ring (bicyclic) bond motifs is 1. The van der Waals surface area contributed by atoms with Crippen molar-refractivity contribution in [3.63, 3.8) is 0 Å². The number of carbonyl (C=O) groups excluding carboxylic acids is 1. The number of thiazole rings is 1. The SMILES string of the molecule is CC(C)(C)c1ccc(-c2nc3scc(-c4ccco4)n3c2C=O)cc1. The number of aldehydes is 1. The molecule has 126 valence electrons. The van der Waals surface area contributed by atoms with Gasteiger partial charge >= 0.3 is 0 Å². The zero-order valence-corrected chi connectivity index (χ0v) is 15.1. The average Bonchev–Trinajstić information content (AvgIpc) is 3.29. The van der Waals surface area contributed by atoms with Gasteiger partial charge in [0.05, 0.1) is 6.26 Å². The molecule has 0 spiro atoms. The van der Waals surface area contributed by atoms with Gasteiger partial charge in [0, 0.05) is 10.9 Å². The van der Waals surface area contributed by atoms with Crippen LogP contribution in [0.15, 0.2) is 52.5 Å². The van der Waals surface area contributed by atoms with Crippen molar-refractivity contribution in [1.82, 2.24) is 9.38 Å². The minimum absolute atomic E-state index is 0.0903. The number of rotatable bonds is 3. The third kappa shape index (κ3) is 2.61. The monoisotopic (exact) mass is 350 g/mol. The Hall–Kier alpha value is -2.66. The third-order valence-electron chi connectivity index (χ3n) is 4.31. The first-order valence-corrected chi connectivity index (χ1v) is 8.97. The van der Waals surface area contributed by atoms with Crippen LogP contribution in [0, 0.1) is 0 Å². The number of hydrogen-bond acceptors (Lipinski definition) is 4. The minimum atomic E-state index is 0.0903. The Morgan fingerprint density at radius 2 is 1.92 bits per heavy atom. The van der Waals surface area contributed by atoms with Crippen LogP contribution in [0.2, 0.25) is 0 Å². The highest BCUT2D eigenvalue weighted by atomic mass is 32.1. The maximum atomic E-state index is 11.8. The summed E-state index contributed by atoms with van der Waals surface area (Å²) in [5.74, 6) is 0.724. The first kappa shape index (κ1) is 15.8. The van der Waals surface area contributed by atoms with Gasteiger partial charge in [-0.3, -0.25) is 9.20 Å². The Kier molecular flexibility index (Phi) is 3.62. The second-order valence-electron chi connectivity index (χ2n) is 7.01. The standard InChI is InChI=1S/C20H18N2O2S/c1-20(2,3)14-8-6-13(7-9-14)18-15(11-23)22-16(12-25-19(22)21-18)17-5-4-10-24-17/h4-12H,1-3H3. The molecule has 0 atom stereocenters. The van der Waals surface area contributed by atoms with E-state index in [1.165, 1.54) is 16.9 Å². The molecule has 0 unspecified atom stereocenters. The van der Waals surface area contributed by atoms with E-state index in [1.54, 1.807) is 6.26 Å². The zero-order chi connectivity index (χ0) is 17.6. The largest absolute Gasteiger partial charge is 0.463 e. The maximum Gasteiger partial charge on any atom is 0.195 e. The van der Waals surface area contributed by atoms with E-state index in [4.69, 9.17) is 4.42 Å². The van der Waals surface area contributed by atoms with Crippen molar-refractivity contribution in [3.8, 4) is 22.7 Å². The van der Waals surface area contributed by atoms with Gasteiger partial charge in [-0.2, -0.15) is 0 Å². The summed E-state index contributed by atoms with van der Waals surface area (Å²) in [4.78, 5) is 17.3. The van der Waals surface area contributed by atoms with Gasteiger partial charge in [-0.05, 0) is 23.1 Å². The molecule has 4 nitrogen and oxygen atoms in total. The van der Waals surface area contributed by atoms with E-state index < -0.39 is 0 Å². The fraction of sp³-hybridized carbons (Fsp3) is 0.200. The van der Waals surface area contributed by atoms with Gasteiger partial charge in [0.1, 0.15) is 17.1 Å². The van der Waals surface area contributed by atoms with E-state index in [0.29, 0.717) is 11.4 Å².